The van der Waals surface area contributed by atoms with Gasteiger partial charge in [-0.2, -0.15) is 0 Å². The van der Waals surface area contributed by atoms with Crippen LogP contribution in [-0.2, 0) is 0 Å². The summed E-state index contributed by atoms with van der Waals surface area (Å²) in [5.41, 5.74) is 6.75. The molecular weight excluding hydrogens is 312 g/mol. The fourth-order valence-corrected chi connectivity index (χ4v) is 2.90. The fraction of sp³-hybridized carbons (Fsp3) is 0.611. The minimum Gasteiger partial charge on any atom is -0.493 e. The molecule has 0 saturated carbocycles. The number of hydrogen-bond acceptors (Lipinski definition) is 3. The topological polar surface area (TPSA) is 55.6 Å². The zero-order valence-electron chi connectivity index (χ0n) is 14.3. The molecule has 23 heavy (non-hydrogen) atoms. The van der Waals surface area contributed by atoms with E-state index in [0.717, 1.165) is 31.6 Å². The molecule has 1 aromatic rings. The van der Waals surface area contributed by atoms with E-state index in [1.54, 1.807) is 0 Å². The Kier molecular flexibility index (Phi) is 7.86. The van der Waals surface area contributed by atoms with Crippen molar-refractivity contribution in [2.24, 2.45) is 11.7 Å². The van der Waals surface area contributed by atoms with Crippen LogP contribution < -0.4 is 10.5 Å². The second-order valence-corrected chi connectivity index (χ2v) is 6.65. The monoisotopic (exact) mass is 340 g/mol. The number of benzene rings is 1. The van der Waals surface area contributed by atoms with E-state index in [4.69, 9.17) is 10.5 Å². The molecule has 1 fully saturated rings. The Hall–Kier alpha value is -1.26. The third-order valence-corrected chi connectivity index (χ3v) is 4.08. The van der Waals surface area contributed by atoms with Crippen LogP contribution in [0.15, 0.2) is 24.3 Å². The summed E-state index contributed by atoms with van der Waals surface area (Å²) in [6.45, 7) is 7.65. The van der Waals surface area contributed by atoms with Crippen LogP contribution in [0, 0.1) is 5.92 Å². The van der Waals surface area contributed by atoms with Crippen molar-refractivity contribution >= 4 is 18.3 Å². The van der Waals surface area contributed by atoms with Gasteiger partial charge in [-0.1, -0.05) is 19.9 Å². The molecule has 1 aliphatic heterocycles. The summed E-state index contributed by atoms with van der Waals surface area (Å²) in [5.74, 6) is 1.29. The van der Waals surface area contributed by atoms with Gasteiger partial charge in [0.2, 0.25) is 0 Å². The van der Waals surface area contributed by atoms with E-state index in [9.17, 15) is 4.79 Å². The lowest BCUT2D eigenvalue weighted by Crippen LogP contribution is -2.51. The maximum atomic E-state index is 12.8. The highest BCUT2D eigenvalue weighted by Crippen LogP contribution is 2.23. The Morgan fingerprint density at radius 3 is 2.74 bits per heavy atom. The van der Waals surface area contributed by atoms with E-state index >= 15 is 0 Å². The number of hydrogen-bond donors (Lipinski definition) is 1. The lowest BCUT2D eigenvalue weighted by molar-refractivity contribution is 0.0583. The van der Waals surface area contributed by atoms with Crippen LogP contribution in [0.2, 0.25) is 0 Å². The maximum Gasteiger partial charge on any atom is 0.254 e. The molecule has 0 radical (unpaired) electrons. The summed E-state index contributed by atoms with van der Waals surface area (Å²) in [6, 6.07) is 7.63. The molecule has 2 rings (SSSR count). The smallest absolute Gasteiger partial charge is 0.254 e. The molecule has 1 saturated heterocycles. The van der Waals surface area contributed by atoms with E-state index in [-0.39, 0.29) is 30.4 Å². The van der Waals surface area contributed by atoms with Gasteiger partial charge in [0.1, 0.15) is 5.75 Å². The number of amides is 1. The number of nitrogens with zero attached hydrogens (tertiary/aromatic N) is 1. The van der Waals surface area contributed by atoms with Crippen LogP contribution in [-0.4, -0.2) is 36.0 Å². The molecule has 2 atom stereocenters. The highest BCUT2D eigenvalue weighted by molar-refractivity contribution is 5.95. The van der Waals surface area contributed by atoms with Gasteiger partial charge in [0.15, 0.2) is 0 Å². The van der Waals surface area contributed by atoms with Crippen LogP contribution >= 0.6 is 12.4 Å². The number of carbonyl (C=O) groups excluding carboxylic acids is 1. The SMILES string of the molecule is CC(C)COc1cccc(C(=O)N2CCCCC2C(C)N)c1.Cl. The zero-order valence-corrected chi connectivity index (χ0v) is 15.1. The first kappa shape index (κ1) is 19.8. The molecule has 0 aromatic heterocycles. The molecule has 0 bridgehead atoms. The minimum atomic E-state index is 0. The minimum absolute atomic E-state index is 0. The first-order valence-corrected chi connectivity index (χ1v) is 8.28. The van der Waals surface area contributed by atoms with Crippen LogP contribution in [0.1, 0.15) is 50.4 Å². The molecule has 1 aromatic carbocycles. The quantitative estimate of drug-likeness (QED) is 0.892. The van der Waals surface area contributed by atoms with Gasteiger partial charge < -0.3 is 15.4 Å². The number of rotatable bonds is 5. The lowest BCUT2D eigenvalue weighted by Gasteiger charge is -2.38. The van der Waals surface area contributed by atoms with Crippen LogP contribution in [0.4, 0.5) is 0 Å². The average molecular weight is 341 g/mol. The van der Waals surface area contributed by atoms with Crippen molar-refractivity contribution in [3.05, 3.63) is 29.8 Å². The normalized spacial score (nSPS) is 19.2. The number of nitrogens with two attached hydrogens (primary N) is 1. The molecule has 0 aliphatic carbocycles. The van der Waals surface area contributed by atoms with E-state index in [1.165, 1.54) is 0 Å². The highest BCUT2D eigenvalue weighted by atomic mass is 35.5. The van der Waals surface area contributed by atoms with Crippen molar-refractivity contribution in [3.8, 4) is 5.75 Å². The third kappa shape index (κ3) is 5.40. The van der Waals surface area contributed by atoms with Crippen molar-refractivity contribution in [3.63, 3.8) is 0 Å². The standard InChI is InChI=1S/C18H28N2O2.ClH/c1-13(2)12-22-16-8-6-7-15(11-16)18(21)20-10-5-4-9-17(20)14(3)19;/h6-8,11,13-14,17H,4-5,9-10,12,19H2,1-3H3;1H. The van der Waals surface area contributed by atoms with Crippen molar-refractivity contribution in [1.29, 1.82) is 0 Å². The number of likely N-dealkylation sites (tertiary alicyclic amines) is 1. The number of ether oxygens (including phenoxy) is 1. The largest absolute Gasteiger partial charge is 0.493 e. The molecule has 2 N–H and O–H groups in total. The predicted octanol–water partition coefficient (Wildman–Crippen LogP) is 3.49. The van der Waals surface area contributed by atoms with Crippen molar-refractivity contribution in [1.82, 2.24) is 4.90 Å². The molecule has 5 heteroatoms. The fourth-order valence-electron chi connectivity index (χ4n) is 2.90. The second kappa shape index (κ2) is 9.14. The number of halogens is 1. The predicted molar refractivity (Wildman–Crippen MR) is 96.3 cm³/mol. The van der Waals surface area contributed by atoms with Gasteiger partial charge >= 0.3 is 0 Å². The van der Waals surface area contributed by atoms with E-state index in [0.29, 0.717) is 18.1 Å². The average Bonchev–Trinajstić information content (AvgIpc) is 2.52. The Morgan fingerprint density at radius 1 is 1.35 bits per heavy atom. The van der Waals surface area contributed by atoms with Gasteiger partial charge in [-0.15, -0.1) is 12.4 Å². The number of piperidine rings is 1. The Morgan fingerprint density at radius 2 is 2.09 bits per heavy atom. The van der Waals surface area contributed by atoms with Gasteiger partial charge in [-0.05, 0) is 50.3 Å². The van der Waals surface area contributed by atoms with E-state index in [1.807, 2.05) is 36.1 Å². The summed E-state index contributed by atoms with van der Waals surface area (Å²) in [4.78, 5) is 14.8. The Labute approximate surface area is 145 Å². The molecular formula is C18H29ClN2O2. The molecule has 1 heterocycles. The van der Waals surface area contributed by atoms with Crippen LogP contribution in [0.3, 0.4) is 0 Å². The van der Waals surface area contributed by atoms with Gasteiger partial charge in [0, 0.05) is 24.2 Å². The Balaban J connectivity index is 0.00000264. The number of carbonyl (C=O) groups is 1. The maximum absolute atomic E-state index is 12.8. The first-order valence-electron chi connectivity index (χ1n) is 8.28. The molecule has 0 spiro atoms. The summed E-state index contributed by atoms with van der Waals surface area (Å²) in [5, 5.41) is 0. The third-order valence-electron chi connectivity index (χ3n) is 4.08. The highest BCUT2D eigenvalue weighted by Gasteiger charge is 2.29. The van der Waals surface area contributed by atoms with Crippen molar-refractivity contribution in [2.75, 3.05) is 13.2 Å². The summed E-state index contributed by atoms with van der Waals surface area (Å²) < 4.78 is 5.72. The van der Waals surface area contributed by atoms with Gasteiger partial charge in [0.25, 0.3) is 5.91 Å². The van der Waals surface area contributed by atoms with Crippen molar-refractivity contribution in [2.45, 2.75) is 52.1 Å². The van der Waals surface area contributed by atoms with Crippen LogP contribution in [0.25, 0.3) is 0 Å². The zero-order chi connectivity index (χ0) is 16.1. The van der Waals surface area contributed by atoms with Crippen LogP contribution in [0.5, 0.6) is 5.75 Å². The first-order chi connectivity index (χ1) is 10.5. The molecule has 1 aliphatic rings. The van der Waals surface area contributed by atoms with Gasteiger partial charge in [-0.25, -0.2) is 0 Å². The second-order valence-electron chi connectivity index (χ2n) is 6.65. The van der Waals surface area contributed by atoms with Gasteiger partial charge in [-0.3, -0.25) is 4.79 Å². The Bertz CT molecular complexity index is 506. The summed E-state index contributed by atoms with van der Waals surface area (Å²) >= 11 is 0. The van der Waals surface area contributed by atoms with Crippen molar-refractivity contribution < 1.29 is 9.53 Å². The molecule has 1 amide bonds. The van der Waals surface area contributed by atoms with E-state index < -0.39 is 0 Å². The lowest BCUT2D eigenvalue weighted by atomic mass is 9.96. The van der Waals surface area contributed by atoms with Gasteiger partial charge in [0.05, 0.1) is 6.61 Å². The summed E-state index contributed by atoms with van der Waals surface area (Å²) in [6.07, 6.45) is 3.19. The molecule has 4 nitrogen and oxygen atoms in total. The van der Waals surface area contributed by atoms with E-state index in [2.05, 4.69) is 13.8 Å². The molecule has 130 valence electrons. The molecule has 2 unspecified atom stereocenters. The summed E-state index contributed by atoms with van der Waals surface area (Å²) in [7, 11) is 0.